The fourth-order valence-corrected chi connectivity index (χ4v) is 2.12. The first-order valence-electron chi connectivity index (χ1n) is 6.22. The largest absolute Gasteiger partial charge is 0.573 e. The van der Waals surface area contributed by atoms with E-state index in [0.29, 0.717) is 11.1 Å². The van der Waals surface area contributed by atoms with E-state index in [1.807, 2.05) is 0 Å². The summed E-state index contributed by atoms with van der Waals surface area (Å²) in [7, 11) is 0. The minimum Gasteiger partial charge on any atom is -0.406 e. The summed E-state index contributed by atoms with van der Waals surface area (Å²) in [4.78, 5) is 10.2. The smallest absolute Gasteiger partial charge is 0.406 e. The van der Waals surface area contributed by atoms with Crippen molar-refractivity contribution in [3.63, 3.8) is 0 Å². The average molecular weight is 383 g/mol. The van der Waals surface area contributed by atoms with Crippen LogP contribution in [0.4, 0.5) is 18.9 Å². The van der Waals surface area contributed by atoms with E-state index < -0.39 is 17.3 Å². The van der Waals surface area contributed by atoms with Crippen LogP contribution < -0.4 is 10.5 Å². The third-order valence-electron chi connectivity index (χ3n) is 3.00. The van der Waals surface area contributed by atoms with E-state index in [9.17, 15) is 23.3 Å². The van der Waals surface area contributed by atoms with Crippen LogP contribution in [0.25, 0.3) is 0 Å². The molecule has 0 heterocycles. The Balaban J connectivity index is 0.00000288. The Kier molecular flexibility index (Phi) is 6.42. The molecular formula is C14H11Cl2F3N2O3. The summed E-state index contributed by atoms with van der Waals surface area (Å²) in [6, 6.07) is 8.27. The molecule has 0 fully saturated rings. The zero-order chi connectivity index (χ0) is 17.2. The van der Waals surface area contributed by atoms with Crippen LogP contribution in [-0.4, -0.2) is 11.3 Å². The van der Waals surface area contributed by atoms with E-state index in [-0.39, 0.29) is 28.9 Å². The lowest BCUT2D eigenvalue weighted by Crippen LogP contribution is -2.17. The number of halogens is 5. The van der Waals surface area contributed by atoms with Crippen LogP contribution in [0.2, 0.25) is 5.02 Å². The van der Waals surface area contributed by atoms with Crippen LogP contribution in [-0.2, 0) is 0 Å². The predicted octanol–water partition coefficient (Wildman–Crippen LogP) is 4.62. The summed E-state index contributed by atoms with van der Waals surface area (Å²) in [5.41, 5.74) is 6.57. The van der Waals surface area contributed by atoms with Crippen LogP contribution in [0.3, 0.4) is 0 Å². The van der Waals surface area contributed by atoms with Gasteiger partial charge in [0.05, 0.1) is 11.0 Å². The topological polar surface area (TPSA) is 78.4 Å². The molecule has 0 aliphatic carbocycles. The number of nitrogens with zero attached hydrogens (tertiary/aromatic N) is 1. The molecule has 24 heavy (non-hydrogen) atoms. The molecule has 2 rings (SSSR count). The van der Waals surface area contributed by atoms with Gasteiger partial charge in [0.2, 0.25) is 0 Å². The number of rotatable bonds is 4. The Morgan fingerprint density at radius 2 is 1.67 bits per heavy atom. The third kappa shape index (κ3) is 4.98. The average Bonchev–Trinajstić information content (AvgIpc) is 2.46. The molecule has 10 heteroatoms. The van der Waals surface area contributed by atoms with Gasteiger partial charge in [-0.3, -0.25) is 10.1 Å². The number of nitro groups is 1. The summed E-state index contributed by atoms with van der Waals surface area (Å²) in [5.74, 6) is -0.379. The SMILES string of the molecule is Cl.N[C@@H](c1ccc(OC(F)(F)F)cc1)c1ccc(Cl)c([N+](=O)[O-])c1. The molecule has 1 atom stereocenters. The summed E-state index contributed by atoms with van der Waals surface area (Å²) >= 11 is 5.72. The van der Waals surface area contributed by atoms with Gasteiger partial charge in [0.1, 0.15) is 10.8 Å². The molecule has 0 radical (unpaired) electrons. The summed E-state index contributed by atoms with van der Waals surface area (Å²) in [6.07, 6.45) is -4.78. The molecule has 2 N–H and O–H groups in total. The number of ether oxygens (including phenoxy) is 1. The minimum atomic E-state index is -4.78. The summed E-state index contributed by atoms with van der Waals surface area (Å²) in [6.45, 7) is 0. The number of hydrogen-bond donors (Lipinski definition) is 1. The second-order valence-corrected chi connectivity index (χ2v) is 4.97. The standard InChI is InChI=1S/C14H10ClF3N2O3.ClH/c15-11-6-3-9(7-12(11)20(21)22)13(19)8-1-4-10(5-2-8)23-14(16,17)18;/h1-7,13H,19H2;1H/t13-;/m0./s1. The van der Waals surface area contributed by atoms with Crippen molar-refractivity contribution in [2.24, 2.45) is 5.73 Å². The van der Waals surface area contributed by atoms with Crippen molar-refractivity contribution in [1.82, 2.24) is 0 Å². The highest BCUT2D eigenvalue weighted by Crippen LogP contribution is 2.30. The molecule has 0 bridgehead atoms. The van der Waals surface area contributed by atoms with Gasteiger partial charge in [0, 0.05) is 6.07 Å². The molecule has 0 saturated carbocycles. The van der Waals surface area contributed by atoms with Crippen LogP contribution >= 0.6 is 24.0 Å². The molecule has 0 amide bonds. The predicted molar refractivity (Wildman–Crippen MR) is 84.5 cm³/mol. The maximum absolute atomic E-state index is 12.1. The van der Waals surface area contributed by atoms with Crippen LogP contribution in [0.1, 0.15) is 17.2 Å². The van der Waals surface area contributed by atoms with Gasteiger partial charge in [0.25, 0.3) is 5.69 Å². The normalized spacial score (nSPS) is 12.2. The van der Waals surface area contributed by atoms with E-state index in [1.165, 1.54) is 30.3 Å². The molecular weight excluding hydrogens is 372 g/mol. The zero-order valence-corrected chi connectivity index (χ0v) is 13.4. The molecule has 0 aliphatic heterocycles. The molecule has 5 nitrogen and oxygen atoms in total. The lowest BCUT2D eigenvalue weighted by Gasteiger charge is -2.14. The Morgan fingerprint density at radius 3 is 2.17 bits per heavy atom. The van der Waals surface area contributed by atoms with Crippen LogP contribution in [0, 0.1) is 10.1 Å². The lowest BCUT2D eigenvalue weighted by molar-refractivity contribution is -0.384. The Labute approximate surface area is 145 Å². The monoisotopic (exact) mass is 382 g/mol. The number of nitrogens with two attached hydrogens (primary N) is 1. The minimum absolute atomic E-state index is 0. The fraction of sp³-hybridized carbons (Fsp3) is 0.143. The van der Waals surface area contributed by atoms with Crippen molar-refractivity contribution in [2.75, 3.05) is 0 Å². The second-order valence-electron chi connectivity index (χ2n) is 4.56. The summed E-state index contributed by atoms with van der Waals surface area (Å²) in [5, 5.41) is 10.8. The molecule has 130 valence electrons. The maximum Gasteiger partial charge on any atom is 0.573 e. The first kappa shape index (κ1) is 20.0. The van der Waals surface area contributed by atoms with Crippen molar-refractivity contribution >= 4 is 29.7 Å². The van der Waals surface area contributed by atoms with Gasteiger partial charge >= 0.3 is 6.36 Å². The summed E-state index contributed by atoms with van der Waals surface area (Å²) < 4.78 is 40.1. The lowest BCUT2D eigenvalue weighted by atomic mass is 9.99. The van der Waals surface area contributed by atoms with E-state index in [4.69, 9.17) is 17.3 Å². The molecule has 2 aromatic rings. The highest BCUT2D eigenvalue weighted by Gasteiger charge is 2.31. The number of benzene rings is 2. The fourth-order valence-electron chi connectivity index (χ4n) is 1.93. The molecule has 0 saturated heterocycles. The third-order valence-corrected chi connectivity index (χ3v) is 3.32. The number of nitro benzene ring substituents is 1. The van der Waals surface area contributed by atoms with Gasteiger partial charge in [-0.05, 0) is 29.3 Å². The van der Waals surface area contributed by atoms with Gasteiger partial charge in [-0.2, -0.15) is 0 Å². The molecule has 2 aromatic carbocycles. The first-order chi connectivity index (χ1) is 10.7. The molecule has 0 aliphatic rings. The first-order valence-corrected chi connectivity index (χ1v) is 6.60. The molecule has 0 spiro atoms. The van der Waals surface area contributed by atoms with E-state index in [1.54, 1.807) is 0 Å². The van der Waals surface area contributed by atoms with Crippen molar-refractivity contribution in [3.8, 4) is 5.75 Å². The quantitative estimate of drug-likeness (QED) is 0.618. The highest BCUT2D eigenvalue weighted by molar-refractivity contribution is 6.32. The molecule has 0 unspecified atom stereocenters. The van der Waals surface area contributed by atoms with Crippen molar-refractivity contribution < 1.29 is 22.8 Å². The highest BCUT2D eigenvalue weighted by atomic mass is 35.5. The zero-order valence-electron chi connectivity index (χ0n) is 11.8. The van der Waals surface area contributed by atoms with Crippen molar-refractivity contribution in [3.05, 3.63) is 68.7 Å². The van der Waals surface area contributed by atoms with Gasteiger partial charge in [0.15, 0.2) is 0 Å². The Bertz CT molecular complexity index is 724. The van der Waals surface area contributed by atoms with Crippen molar-refractivity contribution in [2.45, 2.75) is 12.4 Å². The van der Waals surface area contributed by atoms with Gasteiger partial charge in [-0.25, -0.2) is 0 Å². The van der Waals surface area contributed by atoms with Crippen molar-refractivity contribution in [1.29, 1.82) is 0 Å². The maximum atomic E-state index is 12.1. The molecule has 0 aromatic heterocycles. The Hall–Kier alpha value is -2.03. The van der Waals surface area contributed by atoms with Gasteiger partial charge in [-0.1, -0.05) is 29.8 Å². The number of hydrogen-bond acceptors (Lipinski definition) is 4. The van der Waals surface area contributed by atoms with Gasteiger partial charge in [-0.15, -0.1) is 25.6 Å². The van der Waals surface area contributed by atoms with Crippen LogP contribution in [0.5, 0.6) is 5.75 Å². The van der Waals surface area contributed by atoms with E-state index in [2.05, 4.69) is 4.74 Å². The Morgan fingerprint density at radius 1 is 1.12 bits per heavy atom. The van der Waals surface area contributed by atoms with Crippen LogP contribution in [0.15, 0.2) is 42.5 Å². The van der Waals surface area contributed by atoms with E-state index in [0.717, 1.165) is 12.1 Å². The number of alkyl halides is 3. The second kappa shape index (κ2) is 7.69. The van der Waals surface area contributed by atoms with Gasteiger partial charge < -0.3 is 10.5 Å². The van der Waals surface area contributed by atoms with E-state index >= 15 is 0 Å².